The Balaban J connectivity index is 2.34. The zero-order valence-electron chi connectivity index (χ0n) is 8.67. The van der Waals surface area contributed by atoms with Gasteiger partial charge >= 0.3 is 0 Å². The monoisotopic (exact) mass is 178 g/mol. The van der Waals surface area contributed by atoms with Crippen LogP contribution in [0.15, 0.2) is 25.3 Å². The van der Waals surface area contributed by atoms with E-state index in [9.17, 15) is 0 Å². The Labute approximate surface area is 82.7 Å². The molecule has 0 bridgehead atoms. The van der Waals surface area contributed by atoms with E-state index in [1.54, 1.807) is 0 Å². The molecule has 0 aromatic carbocycles. The highest BCUT2D eigenvalue weighted by molar-refractivity contribution is 4.87. The quantitative estimate of drug-likeness (QED) is 0.549. The lowest BCUT2D eigenvalue weighted by molar-refractivity contribution is 0.276. The summed E-state index contributed by atoms with van der Waals surface area (Å²) in [6.45, 7) is 7.73. The smallest absolute Gasteiger partial charge is 0.0205 e. The molecular formula is C13H22. The van der Waals surface area contributed by atoms with E-state index in [1.807, 2.05) is 6.08 Å². The molecule has 0 amide bonds. The van der Waals surface area contributed by atoms with Gasteiger partial charge in [-0.25, -0.2) is 0 Å². The van der Waals surface area contributed by atoms with E-state index in [2.05, 4.69) is 19.2 Å². The average Bonchev–Trinajstić information content (AvgIpc) is 2.21. The molecule has 0 heterocycles. The van der Waals surface area contributed by atoms with E-state index in [1.165, 1.54) is 38.5 Å². The maximum atomic E-state index is 3.95. The van der Waals surface area contributed by atoms with E-state index >= 15 is 0 Å². The minimum absolute atomic E-state index is 0.748. The highest BCUT2D eigenvalue weighted by Gasteiger charge is 2.20. The van der Waals surface area contributed by atoms with Crippen molar-refractivity contribution in [3.63, 3.8) is 0 Å². The average molecular weight is 178 g/mol. The van der Waals surface area contributed by atoms with Crippen molar-refractivity contribution in [1.29, 1.82) is 0 Å². The first-order valence-corrected chi connectivity index (χ1v) is 5.62. The van der Waals surface area contributed by atoms with Gasteiger partial charge in [0.2, 0.25) is 0 Å². The number of hydrogen-bond acceptors (Lipinski definition) is 0. The highest BCUT2D eigenvalue weighted by Crippen LogP contribution is 2.32. The molecule has 0 radical (unpaired) electrons. The maximum absolute atomic E-state index is 3.95. The summed E-state index contributed by atoms with van der Waals surface area (Å²) >= 11 is 0. The van der Waals surface area contributed by atoms with Gasteiger partial charge in [-0.3, -0.25) is 0 Å². The van der Waals surface area contributed by atoms with Gasteiger partial charge in [-0.2, -0.15) is 0 Å². The van der Waals surface area contributed by atoms with Gasteiger partial charge in [-0.15, -0.1) is 13.2 Å². The Morgan fingerprint density at radius 1 is 1.15 bits per heavy atom. The maximum Gasteiger partial charge on any atom is -0.0205 e. The molecule has 1 saturated carbocycles. The Hall–Kier alpha value is -0.520. The van der Waals surface area contributed by atoms with Crippen molar-refractivity contribution in [1.82, 2.24) is 0 Å². The minimum atomic E-state index is 0.748. The molecule has 0 unspecified atom stereocenters. The van der Waals surface area contributed by atoms with Gasteiger partial charge < -0.3 is 0 Å². The fraction of sp³-hybridized carbons (Fsp3) is 0.692. The lowest BCUT2D eigenvalue weighted by atomic mass is 9.78. The molecule has 0 aliphatic heterocycles. The molecule has 0 nitrogen and oxygen atoms in total. The summed E-state index contributed by atoms with van der Waals surface area (Å²) in [4.78, 5) is 0. The van der Waals surface area contributed by atoms with E-state index in [0.717, 1.165) is 18.3 Å². The Morgan fingerprint density at radius 2 is 1.85 bits per heavy atom. The van der Waals surface area contributed by atoms with E-state index < -0.39 is 0 Å². The molecule has 0 saturated heterocycles. The van der Waals surface area contributed by atoms with E-state index in [4.69, 9.17) is 0 Å². The van der Waals surface area contributed by atoms with Crippen LogP contribution < -0.4 is 0 Å². The lowest BCUT2D eigenvalue weighted by Gasteiger charge is -2.27. The van der Waals surface area contributed by atoms with Crippen molar-refractivity contribution in [2.75, 3.05) is 0 Å². The van der Waals surface area contributed by atoms with Gasteiger partial charge in [0.25, 0.3) is 0 Å². The largest absolute Gasteiger partial charge is 0.103 e. The van der Waals surface area contributed by atoms with Crippen LogP contribution in [0.1, 0.15) is 44.9 Å². The summed E-state index contributed by atoms with van der Waals surface area (Å²) in [6, 6.07) is 0. The molecule has 0 N–H and O–H groups in total. The normalized spacial score (nSPS) is 20.9. The van der Waals surface area contributed by atoms with Gasteiger partial charge in [0.15, 0.2) is 0 Å². The SMILES string of the molecule is C=CCC[C@H](C=C)C1CCCCC1. The fourth-order valence-electron chi connectivity index (χ4n) is 2.42. The van der Waals surface area contributed by atoms with E-state index in [0.29, 0.717) is 0 Å². The molecule has 13 heavy (non-hydrogen) atoms. The predicted octanol–water partition coefficient (Wildman–Crippen LogP) is 4.34. The first kappa shape index (κ1) is 10.6. The van der Waals surface area contributed by atoms with Crippen LogP contribution in [0.3, 0.4) is 0 Å². The van der Waals surface area contributed by atoms with Crippen LogP contribution in [0, 0.1) is 11.8 Å². The molecule has 1 atom stereocenters. The third-order valence-electron chi connectivity index (χ3n) is 3.26. The molecule has 0 aromatic heterocycles. The molecular weight excluding hydrogens is 156 g/mol. The molecule has 1 fully saturated rings. The third-order valence-corrected chi connectivity index (χ3v) is 3.26. The van der Waals surface area contributed by atoms with Crippen LogP contribution in [0.5, 0.6) is 0 Å². The molecule has 74 valence electrons. The summed E-state index contributed by atoms with van der Waals surface area (Å²) in [5.41, 5.74) is 0. The second kappa shape index (κ2) is 6.01. The van der Waals surface area contributed by atoms with Crippen LogP contribution in [0.4, 0.5) is 0 Å². The molecule has 0 aromatic rings. The van der Waals surface area contributed by atoms with Crippen molar-refractivity contribution in [3.05, 3.63) is 25.3 Å². The highest BCUT2D eigenvalue weighted by atomic mass is 14.3. The fourth-order valence-corrected chi connectivity index (χ4v) is 2.42. The van der Waals surface area contributed by atoms with Gasteiger partial charge in [0.1, 0.15) is 0 Å². The second-order valence-electron chi connectivity index (χ2n) is 4.16. The molecule has 1 rings (SSSR count). The van der Waals surface area contributed by atoms with Gasteiger partial charge in [0, 0.05) is 0 Å². The zero-order valence-corrected chi connectivity index (χ0v) is 8.67. The molecule has 1 aliphatic carbocycles. The summed E-state index contributed by atoms with van der Waals surface area (Å²) in [5, 5.41) is 0. The Kier molecular flexibility index (Phi) is 4.88. The van der Waals surface area contributed by atoms with Crippen molar-refractivity contribution in [2.24, 2.45) is 11.8 Å². The van der Waals surface area contributed by atoms with Crippen LogP contribution in [0.25, 0.3) is 0 Å². The van der Waals surface area contributed by atoms with E-state index in [-0.39, 0.29) is 0 Å². The van der Waals surface area contributed by atoms with Crippen LogP contribution in [0.2, 0.25) is 0 Å². The minimum Gasteiger partial charge on any atom is -0.103 e. The van der Waals surface area contributed by atoms with Crippen molar-refractivity contribution >= 4 is 0 Å². The van der Waals surface area contributed by atoms with Gasteiger partial charge in [-0.05, 0) is 37.5 Å². The predicted molar refractivity (Wildman–Crippen MR) is 59.7 cm³/mol. The number of hydrogen-bond donors (Lipinski definition) is 0. The van der Waals surface area contributed by atoms with Crippen molar-refractivity contribution in [2.45, 2.75) is 44.9 Å². The number of allylic oxidation sites excluding steroid dienone is 2. The third kappa shape index (κ3) is 3.38. The summed E-state index contributed by atoms with van der Waals surface area (Å²) in [6.07, 6.45) is 13.8. The topological polar surface area (TPSA) is 0 Å². The summed E-state index contributed by atoms with van der Waals surface area (Å²) in [5.74, 6) is 1.67. The van der Waals surface area contributed by atoms with Crippen molar-refractivity contribution < 1.29 is 0 Å². The lowest BCUT2D eigenvalue weighted by Crippen LogP contribution is -2.15. The molecule has 0 heteroatoms. The Morgan fingerprint density at radius 3 is 2.38 bits per heavy atom. The van der Waals surface area contributed by atoms with Crippen LogP contribution in [-0.4, -0.2) is 0 Å². The van der Waals surface area contributed by atoms with Gasteiger partial charge in [-0.1, -0.05) is 31.4 Å². The van der Waals surface area contributed by atoms with Crippen LogP contribution in [-0.2, 0) is 0 Å². The van der Waals surface area contributed by atoms with Crippen molar-refractivity contribution in [3.8, 4) is 0 Å². The van der Waals surface area contributed by atoms with Gasteiger partial charge in [0.05, 0.1) is 0 Å². The standard InChI is InChI=1S/C13H22/c1-3-5-9-12(4-2)13-10-7-6-8-11-13/h3-4,12-13H,1-2,5-11H2/t12-/m0/s1. The first-order valence-electron chi connectivity index (χ1n) is 5.62. The number of rotatable bonds is 5. The Bertz CT molecular complexity index is 151. The summed E-state index contributed by atoms with van der Waals surface area (Å²) < 4.78 is 0. The zero-order chi connectivity index (χ0) is 9.52. The second-order valence-corrected chi connectivity index (χ2v) is 4.16. The molecule has 1 aliphatic rings. The van der Waals surface area contributed by atoms with Crippen LogP contribution >= 0.6 is 0 Å². The first-order chi connectivity index (χ1) is 6.38. The molecule has 0 spiro atoms. The summed E-state index contributed by atoms with van der Waals surface area (Å²) in [7, 11) is 0.